The summed E-state index contributed by atoms with van der Waals surface area (Å²) in [6.07, 6.45) is 6.37. The molecule has 3 aromatic rings. The van der Waals surface area contributed by atoms with Crippen LogP contribution in [0.4, 0.5) is 0 Å². The number of hydrogen-bond acceptors (Lipinski definition) is 3. The van der Waals surface area contributed by atoms with E-state index in [-0.39, 0.29) is 6.10 Å². The SMILES string of the molecule is Clc1ccc(-c2nn(-c3ccccc3)cc2C=NC[C@H]2CCCO2)cc1. The first-order valence-corrected chi connectivity index (χ1v) is 9.20. The largest absolute Gasteiger partial charge is 0.376 e. The van der Waals surface area contributed by atoms with Crippen molar-refractivity contribution in [1.82, 2.24) is 9.78 Å². The fourth-order valence-electron chi connectivity index (χ4n) is 3.08. The van der Waals surface area contributed by atoms with Gasteiger partial charge in [-0.15, -0.1) is 0 Å². The first-order valence-electron chi connectivity index (χ1n) is 8.82. The van der Waals surface area contributed by atoms with Crippen molar-refractivity contribution in [3.05, 3.63) is 71.4 Å². The Balaban J connectivity index is 1.66. The van der Waals surface area contributed by atoms with Crippen molar-refractivity contribution in [2.75, 3.05) is 13.2 Å². The highest BCUT2D eigenvalue weighted by Crippen LogP contribution is 2.24. The molecule has 4 nitrogen and oxygen atoms in total. The number of ether oxygens (including phenoxy) is 1. The molecule has 0 unspecified atom stereocenters. The number of aliphatic imine (C=N–C) groups is 1. The van der Waals surface area contributed by atoms with Crippen LogP contribution < -0.4 is 0 Å². The zero-order valence-electron chi connectivity index (χ0n) is 14.4. The second-order valence-corrected chi connectivity index (χ2v) is 6.79. The Bertz CT molecular complexity index is 881. The van der Waals surface area contributed by atoms with Crippen molar-refractivity contribution >= 4 is 17.8 Å². The Morgan fingerprint density at radius 3 is 2.69 bits per heavy atom. The van der Waals surface area contributed by atoms with E-state index in [4.69, 9.17) is 21.4 Å². The number of benzene rings is 2. The van der Waals surface area contributed by atoms with Crippen LogP contribution in [0.2, 0.25) is 5.02 Å². The predicted molar refractivity (Wildman–Crippen MR) is 105 cm³/mol. The molecule has 0 radical (unpaired) electrons. The summed E-state index contributed by atoms with van der Waals surface area (Å²) in [4.78, 5) is 4.60. The molecule has 0 bridgehead atoms. The fourth-order valence-corrected chi connectivity index (χ4v) is 3.21. The van der Waals surface area contributed by atoms with Crippen molar-refractivity contribution in [3.8, 4) is 16.9 Å². The average molecular weight is 366 g/mol. The van der Waals surface area contributed by atoms with Gasteiger partial charge in [0.25, 0.3) is 0 Å². The van der Waals surface area contributed by atoms with Crippen LogP contribution in [0, 0.1) is 0 Å². The van der Waals surface area contributed by atoms with Crippen LogP contribution in [-0.4, -0.2) is 35.3 Å². The molecule has 5 heteroatoms. The molecule has 0 aliphatic carbocycles. The van der Waals surface area contributed by atoms with E-state index in [0.29, 0.717) is 11.6 Å². The van der Waals surface area contributed by atoms with Gasteiger partial charge in [-0.3, -0.25) is 4.99 Å². The summed E-state index contributed by atoms with van der Waals surface area (Å²) < 4.78 is 7.53. The molecule has 26 heavy (non-hydrogen) atoms. The summed E-state index contributed by atoms with van der Waals surface area (Å²) in [5.41, 5.74) is 3.90. The Hall–Kier alpha value is -2.43. The summed E-state index contributed by atoms with van der Waals surface area (Å²) in [5.74, 6) is 0. The fraction of sp³-hybridized carbons (Fsp3) is 0.238. The topological polar surface area (TPSA) is 39.4 Å². The molecule has 1 fully saturated rings. The molecule has 1 saturated heterocycles. The van der Waals surface area contributed by atoms with Crippen molar-refractivity contribution in [1.29, 1.82) is 0 Å². The van der Waals surface area contributed by atoms with E-state index in [0.717, 1.165) is 42.0 Å². The highest BCUT2D eigenvalue weighted by Gasteiger charge is 2.15. The lowest BCUT2D eigenvalue weighted by Crippen LogP contribution is -2.08. The van der Waals surface area contributed by atoms with Gasteiger partial charge in [0.1, 0.15) is 5.69 Å². The zero-order chi connectivity index (χ0) is 17.8. The van der Waals surface area contributed by atoms with Gasteiger partial charge in [0.15, 0.2) is 0 Å². The average Bonchev–Trinajstić information content (AvgIpc) is 3.33. The Morgan fingerprint density at radius 1 is 1.15 bits per heavy atom. The van der Waals surface area contributed by atoms with Gasteiger partial charge in [0, 0.05) is 35.2 Å². The first kappa shape index (κ1) is 17.0. The van der Waals surface area contributed by atoms with Crippen molar-refractivity contribution in [2.24, 2.45) is 4.99 Å². The molecule has 0 N–H and O–H groups in total. The van der Waals surface area contributed by atoms with Gasteiger partial charge >= 0.3 is 0 Å². The van der Waals surface area contributed by atoms with Gasteiger partial charge in [0.2, 0.25) is 0 Å². The molecule has 0 saturated carbocycles. The van der Waals surface area contributed by atoms with Gasteiger partial charge in [-0.1, -0.05) is 41.9 Å². The second kappa shape index (κ2) is 7.85. The van der Waals surface area contributed by atoms with Crippen LogP contribution in [-0.2, 0) is 4.74 Å². The van der Waals surface area contributed by atoms with Crippen molar-refractivity contribution in [3.63, 3.8) is 0 Å². The third kappa shape index (κ3) is 3.87. The lowest BCUT2D eigenvalue weighted by atomic mass is 10.1. The number of rotatable bonds is 5. The summed E-state index contributed by atoms with van der Waals surface area (Å²) >= 11 is 6.03. The molecule has 1 aliphatic heterocycles. The first-order chi connectivity index (χ1) is 12.8. The minimum Gasteiger partial charge on any atom is -0.376 e. The van der Waals surface area contributed by atoms with E-state index in [1.807, 2.05) is 71.7 Å². The highest BCUT2D eigenvalue weighted by atomic mass is 35.5. The number of halogens is 1. The van der Waals surface area contributed by atoms with Gasteiger partial charge in [0.05, 0.1) is 18.3 Å². The molecule has 0 amide bonds. The molecular formula is C21H20ClN3O. The van der Waals surface area contributed by atoms with E-state index in [1.54, 1.807) is 0 Å². The van der Waals surface area contributed by atoms with E-state index in [1.165, 1.54) is 0 Å². The number of aromatic nitrogens is 2. The van der Waals surface area contributed by atoms with Crippen LogP contribution >= 0.6 is 11.6 Å². The molecule has 2 aromatic carbocycles. The Morgan fingerprint density at radius 2 is 1.96 bits per heavy atom. The minimum atomic E-state index is 0.245. The van der Waals surface area contributed by atoms with E-state index in [2.05, 4.69) is 4.99 Å². The normalized spacial score (nSPS) is 17.2. The second-order valence-electron chi connectivity index (χ2n) is 6.35. The molecule has 132 valence electrons. The summed E-state index contributed by atoms with van der Waals surface area (Å²) in [7, 11) is 0. The Kier molecular flexibility index (Phi) is 5.14. The molecule has 4 rings (SSSR count). The molecule has 1 atom stereocenters. The molecule has 0 spiro atoms. The highest BCUT2D eigenvalue weighted by molar-refractivity contribution is 6.30. The van der Waals surface area contributed by atoms with Crippen LogP contribution in [0.15, 0.2) is 65.8 Å². The number of hydrogen-bond donors (Lipinski definition) is 0. The smallest absolute Gasteiger partial charge is 0.101 e. The maximum atomic E-state index is 6.03. The monoisotopic (exact) mass is 365 g/mol. The molecular weight excluding hydrogens is 346 g/mol. The van der Waals surface area contributed by atoms with Crippen molar-refractivity contribution in [2.45, 2.75) is 18.9 Å². The van der Waals surface area contributed by atoms with Gasteiger partial charge in [-0.2, -0.15) is 5.10 Å². The predicted octanol–water partition coefficient (Wildman–Crippen LogP) is 4.79. The third-order valence-corrected chi connectivity index (χ3v) is 4.70. The van der Waals surface area contributed by atoms with E-state index < -0.39 is 0 Å². The van der Waals surface area contributed by atoms with Crippen LogP contribution in [0.5, 0.6) is 0 Å². The lowest BCUT2D eigenvalue weighted by Gasteiger charge is -2.04. The minimum absolute atomic E-state index is 0.245. The quantitative estimate of drug-likeness (QED) is 0.610. The zero-order valence-corrected chi connectivity index (χ0v) is 15.1. The number of nitrogens with zero attached hydrogens (tertiary/aromatic N) is 3. The number of para-hydroxylation sites is 1. The van der Waals surface area contributed by atoms with Crippen LogP contribution in [0.25, 0.3) is 16.9 Å². The van der Waals surface area contributed by atoms with E-state index >= 15 is 0 Å². The van der Waals surface area contributed by atoms with Gasteiger partial charge < -0.3 is 4.74 Å². The standard InChI is InChI=1S/C21H20ClN3O/c22-18-10-8-16(9-11-18)21-17(13-23-14-20-7-4-12-26-20)15-25(24-21)19-5-2-1-3-6-19/h1-3,5-6,8-11,13,15,20H,4,7,12,14H2/t20-/m1/s1. The molecule has 1 aromatic heterocycles. The lowest BCUT2D eigenvalue weighted by molar-refractivity contribution is 0.118. The van der Waals surface area contributed by atoms with Gasteiger partial charge in [-0.25, -0.2) is 4.68 Å². The Labute approximate surface area is 158 Å². The third-order valence-electron chi connectivity index (χ3n) is 4.44. The van der Waals surface area contributed by atoms with E-state index in [9.17, 15) is 0 Å². The summed E-state index contributed by atoms with van der Waals surface area (Å²) in [5, 5.41) is 5.49. The molecule has 1 aliphatic rings. The van der Waals surface area contributed by atoms with Crippen LogP contribution in [0.1, 0.15) is 18.4 Å². The summed E-state index contributed by atoms with van der Waals surface area (Å²) in [6, 6.07) is 17.8. The summed E-state index contributed by atoms with van der Waals surface area (Å²) in [6.45, 7) is 1.54. The molecule has 2 heterocycles. The van der Waals surface area contributed by atoms with Crippen molar-refractivity contribution < 1.29 is 4.74 Å². The maximum Gasteiger partial charge on any atom is 0.101 e. The van der Waals surface area contributed by atoms with Gasteiger partial charge in [-0.05, 0) is 37.1 Å². The maximum absolute atomic E-state index is 6.03. The van der Waals surface area contributed by atoms with Crippen LogP contribution in [0.3, 0.4) is 0 Å².